The van der Waals surface area contributed by atoms with Gasteiger partial charge >= 0.3 is 0 Å². The van der Waals surface area contributed by atoms with E-state index in [2.05, 4.69) is 32.7 Å². The Bertz CT molecular complexity index is 840. The third-order valence-corrected chi connectivity index (χ3v) is 4.85. The molecule has 0 saturated carbocycles. The summed E-state index contributed by atoms with van der Waals surface area (Å²) in [5, 5.41) is 0. The number of carbonyl (C=O) groups is 1. The molecule has 24 heavy (non-hydrogen) atoms. The van der Waals surface area contributed by atoms with Gasteiger partial charge in [0.15, 0.2) is 0 Å². The lowest BCUT2D eigenvalue weighted by Gasteiger charge is -2.25. The van der Waals surface area contributed by atoms with Crippen molar-refractivity contribution < 1.29 is 4.79 Å². The maximum atomic E-state index is 12.8. The third-order valence-electron chi connectivity index (χ3n) is 4.85. The Morgan fingerprint density at radius 1 is 1.08 bits per heavy atom. The van der Waals surface area contributed by atoms with Gasteiger partial charge in [-0.05, 0) is 30.5 Å². The van der Waals surface area contributed by atoms with E-state index in [4.69, 9.17) is 0 Å². The van der Waals surface area contributed by atoms with E-state index < -0.39 is 0 Å². The minimum atomic E-state index is 0.234. The summed E-state index contributed by atoms with van der Waals surface area (Å²) < 4.78 is 2.07. The minimum Gasteiger partial charge on any atom is -0.336 e. The van der Waals surface area contributed by atoms with Gasteiger partial charge in [0.1, 0.15) is 0 Å². The van der Waals surface area contributed by atoms with Gasteiger partial charge in [0, 0.05) is 19.5 Å². The number of amides is 1. The van der Waals surface area contributed by atoms with Gasteiger partial charge in [-0.2, -0.15) is 0 Å². The summed E-state index contributed by atoms with van der Waals surface area (Å²) in [5.74, 6) is 0.235. The quantitative estimate of drug-likeness (QED) is 0.734. The molecule has 2 heterocycles. The van der Waals surface area contributed by atoms with Gasteiger partial charge in [0.2, 0.25) is 5.91 Å². The molecule has 0 radical (unpaired) electrons. The Morgan fingerprint density at radius 3 is 2.75 bits per heavy atom. The van der Waals surface area contributed by atoms with Crippen molar-refractivity contribution in [3.63, 3.8) is 0 Å². The lowest BCUT2D eigenvalue weighted by Crippen LogP contribution is -2.31. The first-order valence-electron chi connectivity index (χ1n) is 8.57. The zero-order chi connectivity index (χ0) is 16.4. The number of carbonyl (C=O) groups excluding carboxylic acids is 1. The second-order valence-corrected chi connectivity index (χ2v) is 6.33. The van der Waals surface area contributed by atoms with Crippen LogP contribution in [0.25, 0.3) is 11.0 Å². The standard InChI is InChI=1S/C20H21N3O/c24-20(12-14-22-15-21-17-9-4-5-10-19(17)22)23-13-6-11-18(23)16-7-2-1-3-8-16/h1-5,7-10,15,18H,6,11-14H2/t18-/m1/s1. The number of hydrogen-bond acceptors (Lipinski definition) is 2. The average Bonchev–Trinajstić information content (AvgIpc) is 3.28. The molecule has 0 aliphatic carbocycles. The van der Waals surface area contributed by atoms with Gasteiger partial charge in [0.05, 0.1) is 23.4 Å². The van der Waals surface area contributed by atoms with Gasteiger partial charge < -0.3 is 9.47 Å². The van der Waals surface area contributed by atoms with E-state index in [1.165, 1.54) is 5.56 Å². The zero-order valence-corrected chi connectivity index (χ0v) is 13.6. The summed E-state index contributed by atoms with van der Waals surface area (Å²) in [6.07, 6.45) is 4.49. The molecule has 1 fully saturated rings. The lowest BCUT2D eigenvalue weighted by molar-refractivity contribution is -0.132. The molecule has 1 amide bonds. The highest BCUT2D eigenvalue weighted by atomic mass is 16.2. The number of likely N-dealkylation sites (tertiary alicyclic amines) is 1. The van der Waals surface area contributed by atoms with Crippen LogP contribution >= 0.6 is 0 Å². The highest BCUT2D eigenvalue weighted by Gasteiger charge is 2.29. The maximum absolute atomic E-state index is 12.8. The average molecular weight is 319 g/mol. The zero-order valence-electron chi connectivity index (χ0n) is 13.6. The van der Waals surface area contributed by atoms with Gasteiger partial charge in [0.25, 0.3) is 0 Å². The van der Waals surface area contributed by atoms with Gasteiger partial charge in [-0.15, -0.1) is 0 Å². The van der Waals surface area contributed by atoms with Crippen LogP contribution in [0.15, 0.2) is 60.9 Å². The van der Waals surface area contributed by atoms with E-state index in [1.54, 1.807) is 0 Å². The summed E-state index contributed by atoms with van der Waals surface area (Å²) in [4.78, 5) is 19.2. The second-order valence-electron chi connectivity index (χ2n) is 6.33. The molecule has 0 bridgehead atoms. The van der Waals surface area contributed by atoms with Gasteiger partial charge in [-0.25, -0.2) is 4.98 Å². The number of para-hydroxylation sites is 2. The van der Waals surface area contributed by atoms with Crippen molar-refractivity contribution >= 4 is 16.9 Å². The van der Waals surface area contributed by atoms with E-state index in [1.807, 2.05) is 42.7 Å². The fourth-order valence-electron chi connectivity index (χ4n) is 3.64. The summed E-state index contributed by atoms with van der Waals surface area (Å²) in [6, 6.07) is 18.6. The molecule has 0 spiro atoms. The molecule has 1 aromatic heterocycles. The normalized spacial score (nSPS) is 17.5. The number of rotatable bonds is 4. The predicted octanol–water partition coefficient (Wildman–Crippen LogP) is 3.79. The first-order valence-corrected chi connectivity index (χ1v) is 8.57. The summed E-state index contributed by atoms with van der Waals surface area (Å²) in [5.41, 5.74) is 3.32. The number of nitrogens with zero attached hydrogens (tertiary/aromatic N) is 3. The van der Waals surface area contributed by atoms with Crippen LogP contribution in [0.5, 0.6) is 0 Å². The van der Waals surface area contributed by atoms with Crippen LogP contribution < -0.4 is 0 Å². The largest absolute Gasteiger partial charge is 0.336 e. The third kappa shape index (κ3) is 2.80. The minimum absolute atomic E-state index is 0.234. The Morgan fingerprint density at radius 2 is 1.88 bits per heavy atom. The Labute approximate surface area is 141 Å². The molecule has 2 aromatic carbocycles. The maximum Gasteiger partial charge on any atom is 0.224 e. The van der Waals surface area contributed by atoms with Crippen molar-refractivity contribution in [1.29, 1.82) is 0 Å². The molecular formula is C20H21N3O. The molecule has 0 N–H and O–H groups in total. The Balaban J connectivity index is 1.46. The van der Waals surface area contributed by atoms with E-state index in [-0.39, 0.29) is 11.9 Å². The fourth-order valence-corrected chi connectivity index (χ4v) is 3.64. The molecular weight excluding hydrogens is 298 g/mol. The van der Waals surface area contributed by atoms with Crippen LogP contribution in [0, 0.1) is 0 Å². The first kappa shape index (κ1) is 14.9. The number of hydrogen-bond donors (Lipinski definition) is 0. The molecule has 4 heteroatoms. The van der Waals surface area contributed by atoms with Crippen LogP contribution in [0.2, 0.25) is 0 Å². The van der Waals surface area contributed by atoms with E-state index >= 15 is 0 Å². The molecule has 122 valence electrons. The topological polar surface area (TPSA) is 38.1 Å². The van der Waals surface area contributed by atoms with Crippen molar-refractivity contribution in [2.45, 2.75) is 31.8 Å². The highest BCUT2D eigenvalue weighted by Crippen LogP contribution is 2.32. The van der Waals surface area contributed by atoms with Crippen molar-refractivity contribution in [3.05, 3.63) is 66.5 Å². The SMILES string of the molecule is O=C(CCn1cnc2ccccc21)N1CCC[C@@H]1c1ccccc1. The molecule has 1 aliphatic heterocycles. The molecule has 1 saturated heterocycles. The number of aromatic nitrogens is 2. The molecule has 3 aromatic rings. The predicted molar refractivity (Wildman–Crippen MR) is 94.5 cm³/mol. The number of imidazole rings is 1. The van der Waals surface area contributed by atoms with Crippen LogP contribution in [0.4, 0.5) is 0 Å². The van der Waals surface area contributed by atoms with Crippen LogP contribution in [0.3, 0.4) is 0 Å². The van der Waals surface area contributed by atoms with Crippen LogP contribution in [-0.2, 0) is 11.3 Å². The Kier molecular flexibility index (Phi) is 4.03. The van der Waals surface area contributed by atoms with Crippen molar-refractivity contribution in [1.82, 2.24) is 14.5 Å². The molecule has 4 rings (SSSR count). The van der Waals surface area contributed by atoms with Crippen LogP contribution in [-0.4, -0.2) is 26.9 Å². The van der Waals surface area contributed by atoms with Gasteiger partial charge in [-0.1, -0.05) is 42.5 Å². The monoisotopic (exact) mass is 319 g/mol. The fraction of sp³-hybridized carbons (Fsp3) is 0.300. The van der Waals surface area contributed by atoms with E-state index in [0.29, 0.717) is 13.0 Å². The first-order chi connectivity index (χ1) is 11.8. The molecule has 0 unspecified atom stereocenters. The molecule has 4 nitrogen and oxygen atoms in total. The van der Waals surface area contributed by atoms with Crippen molar-refractivity contribution in [2.24, 2.45) is 0 Å². The second kappa shape index (κ2) is 6.48. The highest BCUT2D eigenvalue weighted by molar-refractivity contribution is 5.78. The van der Waals surface area contributed by atoms with E-state index in [0.717, 1.165) is 30.4 Å². The van der Waals surface area contributed by atoms with Gasteiger partial charge in [-0.3, -0.25) is 4.79 Å². The molecule has 1 aliphatic rings. The smallest absolute Gasteiger partial charge is 0.224 e. The number of aryl methyl sites for hydroxylation is 1. The summed E-state index contributed by atoms with van der Waals surface area (Å²) in [7, 11) is 0. The summed E-state index contributed by atoms with van der Waals surface area (Å²) >= 11 is 0. The number of fused-ring (bicyclic) bond motifs is 1. The van der Waals surface area contributed by atoms with Crippen molar-refractivity contribution in [2.75, 3.05) is 6.54 Å². The summed E-state index contributed by atoms with van der Waals surface area (Å²) in [6.45, 7) is 1.54. The van der Waals surface area contributed by atoms with E-state index in [9.17, 15) is 4.79 Å². The Hall–Kier alpha value is -2.62. The molecule has 1 atom stereocenters. The van der Waals surface area contributed by atoms with Crippen LogP contribution in [0.1, 0.15) is 30.9 Å². The number of benzene rings is 2. The van der Waals surface area contributed by atoms with Crippen molar-refractivity contribution in [3.8, 4) is 0 Å². The lowest BCUT2D eigenvalue weighted by atomic mass is 10.0.